The zero-order valence-electron chi connectivity index (χ0n) is 6.95. The molecule has 0 bridgehead atoms. The molecule has 65 valence electrons. The fourth-order valence-electron chi connectivity index (χ4n) is 1.22. The molecule has 1 heterocycles. The Morgan fingerprint density at radius 1 is 1.45 bits per heavy atom. The van der Waals surface area contributed by atoms with E-state index in [1.165, 1.54) is 0 Å². The second-order valence-electron chi connectivity index (χ2n) is 3.31. The first-order valence-electron chi connectivity index (χ1n) is 3.91. The van der Waals surface area contributed by atoms with Crippen LogP contribution in [0.1, 0.15) is 20.3 Å². The lowest BCUT2D eigenvalue weighted by Gasteiger charge is -2.21. The van der Waals surface area contributed by atoms with Crippen molar-refractivity contribution in [1.29, 1.82) is 0 Å². The van der Waals surface area contributed by atoms with Gasteiger partial charge in [0.1, 0.15) is 0 Å². The van der Waals surface area contributed by atoms with Crippen LogP contribution in [-0.2, 0) is 13.6 Å². The smallest absolute Gasteiger partial charge is 0.282 e. The average molecular weight is 177 g/mol. The topological polar surface area (TPSA) is 35.5 Å². The van der Waals surface area contributed by atoms with Gasteiger partial charge in [0.05, 0.1) is 13.2 Å². The maximum Gasteiger partial charge on any atom is 0.368 e. The molecule has 1 aliphatic heterocycles. The van der Waals surface area contributed by atoms with Crippen molar-refractivity contribution in [2.75, 3.05) is 13.2 Å². The molecular formula is C7H14O3P. The summed E-state index contributed by atoms with van der Waals surface area (Å²) in [7, 11) is -1.79. The summed E-state index contributed by atoms with van der Waals surface area (Å²) in [5.41, 5.74) is 0. The molecule has 0 unspecified atom stereocenters. The van der Waals surface area contributed by atoms with Crippen LogP contribution in [0.2, 0.25) is 0 Å². The molecule has 0 atom stereocenters. The number of hydrogen-bond acceptors (Lipinski definition) is 3. The van der Waals surface area contributed by atoms with Crippen LogP contribution in [0.3, 0.4) is 0 Å². The summed E-state index contributed by atoms with van der Waals surface area (Å²) in [6, 6.07) is 0. The zero-order valence-corrected chi connectivity index (χ0v) is 7.84. The molecule has 0 saturated carbocycles. The van der Waals surface area contributed by atoms with E-state index in [2.05, 4.69) is 13.8 Å². The summed E-state index contributed by atoms with van der Waals surface area (Å²) >= 11 is 0. The van der Waals surface area contributed by atoms with Gasteiger partial charge in [-0.25, -0.2) is 4.57 Å². The Kier molecular flexibility index (Phi) is 3.44. The maximum absolute atomic E-state index is 10.6. The minimum atomic E-state index is -1.79. The summed E-state index contributed by atoms with van der Waals surface area (Å²) in [5.74, 6) is 1.09. The first-order valence-corrected chi connectivity index (χ1v) is 5.01. The third-order valence-corrected chi connectivity index (χ3v) is 2.36. The molecule has 0 aromatic heterocycles. The highest BCUT2D eigenvalue weighted by Gasteiger charge is 2.20. The standard InChI is InChI=1S/C7H14O3P/c1-6(2)3-7-4-9-11(8)10-5-7/h6-7H,3-5H2,1-2H3. The molecule has 0 aliphatic carbocycles. The Morgan fingerprint density at radius 2 is 2.00 bits per heavy atom. The van der Waals surface area contributed by atoms with Crippen LogP contribution in [0.4, 0.5) is 0 Å². The van der Waals surface area contributed by atoms with Gasteiger partial charge < -0.3 is 0 Å². The van der Waals surface area contributed by atoms with Gasteiger partial charge in [0.25, 0.3) is 0 Å². The van der Waals surface area contributed by atoms with Gasteiger partial charge in [-0.05, 0) is 12.3 Å². The van der Waals surface area contributed by atoms with Crippen LogP contribution in [0.5, 0.6) is 0 Å². The van der Waals surface area contributed by atoms with Crippen LogP contribution in [0.25, 0.3) is 0 Å². The predicted octanol–water partition coefficient (Wildman–Crippen LogP) is 2.35. The van der Waals surface area contributed by atoms with Crippen LogP contribution >= 0.6 is 8.25 Å². The van der Waals surface area contributed by atoms with Gasteiger partial charge >= 0.3 is 8.25 Å². The van der Waals surface area contributed by atoms with Gasteiger partial charge in [0, 0.05) is 5.92 Å². The predicted molar refractivity (Wildman–Crippen MR) is 42.5 cm³/mol. The normalized spacial score (nSPS) is 29.4. The molecule has 3 nitrogen and oxygen atoms in total. The molecule has 1 aliphatic rings. The van der Waals surface area contributed by atoms with Gasteiger partial charge in [-0.2, -0.15) is 0 Å². The maximum atomic E-state index is 10.6. The van der Waals surface area contributed by atoms with Crippen molar-refractivity contribution in [3.63, 3.8) is 0 Å². The largest absolute Gasteiger partial charge is 0.368 e. The highest BCUT2D eigenvalue weighted by Crippen LogP contribution is 2.32. The SMILES string of the molecule is CC(C)CC1CO[P](=O)OC1. The summed E-state index contributed by atoms with van der Waals surface area (Å²) < 4.78 is 20.4. The van der Waals surface area contributed by atoms with E-state index >= 15 is 0 Å². The molecule has 11 heavy (non-hydrogen) atoms. The summed E-state index contributed by atoms with van der Waals surface area (Å²) in [5, 5.41) is 0. The van der Waals surface area contributed by atoms with Gasteiger partial charge in [-0.1, -0.05) is 13.8 Å². The second kappa shape index (κ2) is 4.15. The zero-order chi connectivity index (χ0) is 8.27. The molecule has 1 radical (unpaired) electrons. The van der Waals surface area contributed by atoms with E-state index in [0.29, 0.717) is 25.0 Å². The molecule has 1 fully saturated rings. The minimum absolute atomic E-state index is 0.433. The molecule has 0 N–H and O–H groups in total. The van der Waals surface area contributed by atoms with E-state index in [1.54, 1.807) is 0 Å². The van der Waals surface area contributed by atoms with E-state index in [-0.39, 0.29) is 0 Å². The summed E-state index contributed by atoms with van der Waals surface area (Å²) in [6.45, 7) is 5.50. The lowest BCUT2D eigenvalue weighted by molar-refractivity contribution is 0.0960. The fraction of sp³-hybridized carbons (Fsp3) is 1.00. The summed E-state index contributed by atoms with van der Waals surface area (Å²) in [4.78, 5) is 0. The van der Waals surface area contributed by atoms with Gasteiger partial charge in [0.15, 0.2) is 0 Å². The van der Waals surface area contributed by atoms with Crippen LogP contribution in [-0.4, -0.2) is 13.2 Å². The molecule has 1 saturated heterocycles. The fourth-order valence-corrected chi connectivity index (χ4v) is 1.96. The van der Waals surface area contributed by atoms with Crippen molar-refractivity contribution in [2.24, 2.45) is 11.8 Å². The Balaban J connectivity index is 2.22. The number of rotatable bonds is 2. The number of hydrogen-bond donors (Lipinski definition) is 0. The van der Waals surface area contributed by atoms with E-state index in [0.717, 1.165) is 6.42 Å². The Morgan fingerprint density at radius 3 is 2.45 bits per heavy atom. The molecule has 0 amide bonds. The van der Waals surface area contributed by atoms with Gasteiger partial charge in [-0.15, -0.1) is 0 Å². The molecule has 4 heteroatoms. The Labute approximate surface area is 68.0 Å². The quantitative estimate of drug-likeness (QED) is 0.607. The van der Waals surface area contributed by atoms with E-state index in [9.17, 15) is 4.57 Å². The lowest BCUT2D eigenvalue weighted by Crippen LogP contribution is -2.19. The van der Waals surface area contributed by atoms with E-state index in [1.807, 2.05) is 0 Å². The minimum Gasteiger partial charge on any atom is -0.282 e. The Bertz CT molecular complexity index is 137. The van der Waals surface area contributed by atoms with Gasteiger partial charge in [-0.3, -0.25) is 9.05 Å². The van der Waals surface area contributed by atoms with Crippen molar-refractivity contribution in [2.45, 2.75) is 20.3 Å². The van der Waals surface area contributed by atoms with Gasteiger partial charge in [0.2, 0.25) is 0 Å². The van der Waals surface area contributed by atoms with Crippen molar-refractivity contribution in [3.8, 4) is 0 Å². The van der Waals surface area contributed by atoms with E-state index < -0.39 is 8.25 Å². The first-order chi connectivity index (χ1) is 5.18. The summed E-state index contributed by atoms with van der Waals surface area (Å²) in [6.07, 6.45) is 1.09. The molecule has 0 spiro atoms. The molecule has 0 aromatic carbocycles. The van der Waals surface area contributed by atoms with E-state index in [4.69, 9.17) is 9.05 Å². The third-order valence-electron chi connectivity index (χ3n) is 1.64. The van der Waals surface area contributed by atoms with Crippen molar-refractivity contribution < 1.29 is 13.6 Å². The van der Waals surface area contributed by atoms with Crippen LogP contribution in [0.15, 0.2) is 0 Å². The molecular weight excluding hydrogens is 163 g/mol. The van der Waals surface area contributed by atoms with Crippen LogP contribution < -0.4 is 0 Å². The second-order valence-corrected chi connectivity index (χ2v) is 4.27. The molecule has 1 rings (SSSR count). The van der Waals surface area contributed by atoms with Crippen molar-refractivity contribution in [3.05, 3.63) is 0 Å². The average Bonchev–Trinajstić information content (AvgIpc) is 1.93. The lowest BCUT2D eigenvalue weighted by atomic mass is 9.99. The monoisotopic (exact) mass is 177 g/mol. The van der Waals surface area contributed by atoms with Crippen molar-refractivity contribution >= 4 is 8.25 Å². The van der Waals surface area contributed by atoms with Crippen molar-refractivity contribution in [1.82, 2.24) is 0 Å². The highest BCUT2D eigenvalue weighted by molar-refractivity contribution is 7.33. The third kappa shape index (κ3) is 3.28. The van der Waals surface area contributed by atoms with Crippen LogP contribution in [0, 0.1) is 11.8 Å². The highest BCUT2D eigenvalue weighted by atomic mass is 31.1. The Hall–Kier alpha value is 0.0200. The molecule has 0 aromatic rings. The first kappa shape index (κ1) is 9.11.